The van der Waals surface area contributed by atoms with Crippen molar-refractivity contribution in [3.8, 4) is 10.6 Å². The highest BCUT2D eigenvalue weighted by Crippen LogP contribution is 2.30. The van der Waals surface area contributed by atoms with Gasteiger partial charge in [0.1, 0.15) is 5.69 Å². The second-order valence-corrected chi connectivity index (χ2v) is 6.95. The Bertz CT molecular complexity index is 576. The van der Waals surface area contributed by atoms with Crippen LogP contribution in [0.3, 0.4) is 0 Å². The Balaban J connectivity index is 1.78. The number of rotatable bonds is 5. The van der Waals surface area contributed by atoms with E-state index in [0.29, 0.717) is 6.04 Å². The van der Waals surface area contributed by atoms with Crippen LogP contribution in [0.25, 0.3) is 10.6 Å². The highest BCUT2D eigenvalue weighted by atomic mass is 32.1. The van der Waals surface area contributed by atoms with Crippen LogP contribution >= 0.6 is 11.3 Å². The van der Waals surface area contributed by atoms with Crippen LogP contribution in [0.4, 0.5) is 0 Å². The molecule has 2 aromatic heterocycles. The summed E-state index contributed by atoms with van der Waals surface area (Å²) >= 11 is 1.74. The summed E-state index contributed by atoms with van der Waals surface area (Å²) in [6.45, 7) is 3.94. The molecular weight excluding hydrogens is 282 g/mol. The number of nitrogens with zero attached hydrogens (tertiary/aromatic N) is 3. The zero-order chi connectivity index (χ0) is 14.8. The van der Waals surface area contributed by atoms with Gasteiger partial charge in [0.2, 0.25) is 0 Å². The van der Waals surface area contributed by atoms with Gasteiger partial charge >= 0.3 is 0 Å². The fourth-order valence-electron chi connectivity index (χ4n) is 3.26. The van der Waals surface area contributed by atoms with E-state index in [0.717, 1.165) is 25.2 Å². The molecule has 2 unspecified atom stereocenters. The molecule has 1 saturated heterocycles. The van der Waals surface area contributed by atoms with Gasteiger partial charge in [0, 0.05) is 31.4 Å². The van der Waals surface area contributed by atoms with E-state index >= 15 is 0 Å². The van der Waals surface area contributed by atoms with E-state index in [1.807, 2.05) is 18.7 Å². The van der Waals surface area contributed by atoms with Gasteiger partial charge in [-0.1, -0.05) is 6.07 Å². The Labute approximate surface area is 130 Å². The smallest absolute Gasteiger partial charge is 0.107 e. The number of thiophene rings is 1. The van der Waals surface area contributed by atoms with Gasteiger partial charge in [-0.3, -0.25) is 9.58 Å². The van der Waals surface area contributed by atoms with Crippen LogP contribution in [-0.4, -0.2) is 38.5 Å². The van der Waals surface area contributed by atoms with Crippen molar-refractivity contribution in [3.63, 3.8) is 0 Å². The topological polar surface area (TPSA) is 41.3 Å². The van der Waals surface area contributed by atoms with Crippen LogP contribution in [0.5, 0.6) is 0 Å². The Morgan fingerprint density at radius 1 is 1.52 bits per heavy atom. The van der Waals surface area contributed by atoms with E-state index in [1.165, 1.54) is 23.3 Å². The Morgan fingerprint density at radius 2 is 2.38 bits per heavy atom. The second-order valence-electron chi connectivity index (χ2n) is 6.01. The Morgan fingerprint density at radius 3 is 3.10 bits per heavy atom. The van der Waals surface area contributed by atoms with E-state index in [2.05, 4.69) is 33.7 Å². The number of likely N-dealkylation sites (tertiary alicyclic amines) is 1. The SMILES string of the molecule is CC(O)CC1CCCN1Cc1cn(C)nc1-c1cccs1. The molecular formula is C16H23N3OS. The lowest BCUT2D eigenvalue weighted by Crippen LogP contribution is -2.31. The fraction of sp³-hybridized carbons (Fsp3) is 0.562. The first kappa shape index (κ1) is 14.8. The lowest BCUT2D eigenvalue weighted by molar-refractivity contribution is 0.131. The summed E-state index contributed by atoms with van der Waals surface area (Å²) in [6.07, 6.45) is 5.20. The molecule has 5 heteroatoms. The van der Waals surface area contributed by atoms with Gasteiger partial charge in [0.25, 0.3) is 0 Å². The largest absolute Gasteiger partial charge is 0.393 e. The average molecular weight is 305 g/mol. The molecule has 4 nitrogen and oxygen atoms in total. The quantitative estimate of drug-likeness (QED) is 0.923. The highest BCUT2D eigenvalue weighted by Gasteiger charge is 2.27. The maximum atomic E-state index is 9.66. The lowest BCUT2D eigenvalue weighted by Gasteiger charge is -2.25. The minimum atomic E-state index is -0.221. The van der Waals surface area contributed by atoms with Gasteiger partial charge in [0.05, 0.1) is 11.0 Å². The second kappa shape index (κ2) is 6.30. The minimum absolute atomic E-state index is 0.221. The third-order valence-electron chi connectivity index (χ3n) is 4.14. The molecule has 0 saturated carbocycles. The number of aryl methyl sites for hydroxylation is 1. The summed E-state index contributed by atoms with van der Waals surface area (Å²) in [5, 5.41) is 16.4. The molecule has 0 aromatic carbocycles. The van der Waals surface area contributed by atoms with Crippen molar-refractivity contribution in [3.05, 3.63) is 29.3 Å². The van der Waals surface area contributed by atoms with Crippen LogP contribution in [0.1, 0.15) is 31.7 Å². The summed E-state index contributed by atoms with van der Waals surface area (Å²) in [7, 11) is 1.98. The van der Waals surface area contributed by atoms with Crippen molar-refractivity contribution in [1.82, 2.24) is 14.7 Å². The van der Waals surface area contributed by atoms with E-state index in [-0.39, 0.29) is 6.10 Å². The van der Waals surface area contributed by atoms with Crippen molar-refractivity contribution in [2.24, 2.45) is 7.05 Å². The standard InChI is InChI=1S/C16H23N3OS/c1-12(20)9-14-5-3-7-19(14)11-13-10-18(2)17-16(13)15-6-4-8-21-15/h4,6,8,10,12,14,20H,3,5,7,9,11H2,1-2H3. The molecule has 1 aliphatic heterocycles. The molecule has 1 N–H and O–H groups in total. The molecule has 3 rings (SSSR count). The van der Waals surface area contributed by atoms with Crippen molar-refractivity contribution in [2.75, 3.05) is 6.54 Å². The van der Waals surface area contributed by atoms with Gasteiger partial charge in [-0.15, -0.1) is 11.3 Å². The summed E-state index contributed by atoms with van der Waals surface area (Å²) in [6, 6.07) is 4.71. The van der Waals surface area contributed by atoms with E-state index < -0.39 is 0 Å². The van der Waals surface area contributed by atoms with Crippen LogP contribution in [0.15, 0.2) is 23.7 Å². The number of aliphatic hydroxyl groups excluding tert-OH is 1. The third-order valence-corrected chi connectivity index (χ3v) is 5.02. The van der Waals surface area contributed by atoms with Crippen molar-refractivity contribution in [2.45, 2.75) is 44.9 Å². The Hall–Kier alpha value is -1.17. The Kier molecular flexibility index (Phi) is 4.42. The first-order valence-electron chi connectivity index (χ1n) is 7.62. The van der Waals surface area contributed by atoms with Crippen LogP contribution in [0.2, 0.25) is 0 Å². The number of aromatic nitrogens is 2. The van der Waals surface area contributed by atoms with Gasteiger partial charge < -0.3 is 5.11 Å². The molecule has 0 spiro atoms. The molecule has 2 aromatic rings. The molecule has 1 aliphatic rings. The van der Waals surface area contributed by atoms with Crippen molar-refractivity contribution >= 4 is 11.3 Å². The van der Waals surface area contributed by atoms with Crippen LogP contribution in [-0.2, 0) is 13.6 Å². The third kappa shape index (κ3) is 3.36. The number of aliphatic hydroxyl groups is 1. The highest BCUT2D eigenvalue weighted by molar-refractivity contribution is 7.13. The van der Waals surface area contributed by atoms with Crippen LogP contribution in [0, 0.1) is 0 Å². The van der Waals surface area contributed by atoms with Gasteiger partial charge in [-0.25, -0.2) is 0 Å². The molecule has 0 bridgehead atoms. The molecule has 2 atom stereocenters. The monoisotopic (exact) mass is 305 g/mol. The summed E-state index contributed by atoms with van der Waals surface area (Å²) in [5.41, 5.74) is 2.40. The summed E-state index contributed by atoms with van der Waals surface area (Å²) in [4.78, 5) is 3.73. The van der Waals surface area contributed by atoms with Gasteiger partial charge in [0.15, 0.2) is 0 Å². The van der Waals surface area contributed by atoms with Gasteiger partial charge in [-0.2, -0.15) is 5.10 Å². The number of hydrogen-bond acceptors (Lipinski definition) is 4. The lowest BCUT2D eigenvalue weighted by atomic mass is 10.1. The molecule has 0 amide bonds. The average Bonchev–Trinajstić information content (AvgIpc) is 3.11. The zero-order valence-electron chi connectivity index (χ0n) is 12.7. The van der Waals surface area contributed by atoms with E-state index in [1.54, 1.807) is 11.3 Å². The molecule has 114 valence electrons. The normalized spacial score (nSPS) is 21.0. The predicted octanol–water partition coefficient (Wildman–Crippen LogP) is 2.88. The minimum Gasteiger partial charge on any atom is -0.393 e. The summed E-state index contributed by atoms with van der Waals surface area (Å²) < 4.78 is 1.91. The van der Waals surface area contributed by atoms with Gasteiger partial charge in [-0.05, 0) is 44.2 Å². The zero-order valence-corrected chi connectivity index (χ0v) is 13.5. The van der Waals surface area contributed by atoms with Crippen molar-refractivity contribution in [1.29, 1.82) is 0 Å². The van der Waals surface area contributed by atoms with E-state index in [4.69, 9.17) is 0 Å². The van der Waals surface area contributed by atoms with E-state index in [9.17, 15) is 5.11 Å². The maximum Gasteiger partial charge on any atom is 0.107 e. The molecule has 21 heavy (non-hydrogen) atoms. The first-order chi connectivity index (χ1) is 10.1. The molecule has 3 heterocycles. The molecule has 1 fully saturated rings. The van der Waals surface area contributed by atoms with Crippen molar-refractivity contribution < 1.29 is 5.11 Å². The first-order valence-corrected chi connectivity index (χ1v) is 8.50. The maximum absolute atomic E-state index is 9.66. The fourth-order valence-corrected chi connectivity index (χ4v) is 4.00. The predicted molar refractivity (Wildman–Crippen MR) is 86.3 cm³/mol. The summed E-state index contributed by atoms with van der Waals surface area (Å²) in [5.74, 6) is 0. The van der Waals surface area contributed by atoms with Crippen LogP contribution < -0.4 is 0 Å². The molecule has 0 radical (unpaired) electrons. The molecule has 0 aliphatic carbocycles. The number of hydrogen-bond donors (Lipinski definition) is 1.